The number of rotatable bonds is 3. The number of nitrogens with zero attached hydrogens (tertiary/aromatic N) is 1. The van der Waals surface area contributed by atoms with Crippen molar-refractivity contribution in [2.45, 2.75) is 32.2 Å². The third kappa shape index (κ3) is 3.55. The van der Waals surface area contributed by atoms with Crippen LogP contribution in [-0.2, 0) is 6.42 Å². The molecule has 1 atom stereocenters. The second-order valence-corrected chi connectivity index (χ2v) is 6.52. The summed E-state index contributed by atoms with van der Waals surface area (Å²) in [7, 11) is 0. The van der Waals surface area contributed by atoms with Crippen LogP contribution in [0.1, 0.15) is 25.3 Å². The maximum Gasteiger partial charge on any atom is 0.0181 e. The molecular formula is C17H21BrClN. The Hall–Kier alpha value is -0.570. The molecule has 0 unspecified atom stereocenters. The Bertz CT molecular complexity index is 584. The molecule has 1 aliphatic heterocycles. The molecule has 0 bridgehead atoms. The molecule has 1 fully saturated rings. The van der Waals surface area contributed by atoms with E-state index in [1.807, 2.05) is 0 Å². The fraction of sp³-hybridized carbons (Fsp3) is 0.412. The summed E-state index contributed by atoms with van der Waals surface area (Å²) in [6.07, 6.45) is 3.90. The Morgan fingerprint density at radius 3 is 2.65 bits per heavy atom. The van der Waals surface area contributed by atoms with E-state index >= 15 is 0 Å². The predicted molar refractivity (Wildman–Crippen MR) is 92.9 cm³/mol. The molecule has 108 valence electrons. The topological polar surface area (TPSA) is 3.24 Å². The summed E-state index contributed by atoms with van der Waals surface area (Å²) in [5.74, 6) is 0. The van der Waals surface area contributed by atoms with Crippen molar-refractivity contribution >= 4 is 39.1 Å². The van der Waals surface area contributed by atoms with Gasteiger partial charge in [0.2, 0.25) is 0 Å². The Morgan fingerprint density at radius 1 is 1.15 bits per heavy atom. The highest BCUT2D eigenvalue weighted by atomic mass is 79.9. The molecule has 0 N–H and O–H groups in total. The lowest BCUT2D eigenvalue weighted by Crippen LogP contribution is -2.28. The van der Waals surface area contributed by atoms with Gasteiger partial charge in [0.1, 0.15) is 0 Å². The molecular weight excluding hydrogens is 334 g/mol. The van der Waals surface area contributed by atoms with Crippen molar-refractivity contribution in [3.63, 3.8) is 0 Å². The lowest BCUT2D eigenvalue weighted by atomic mass is 10.0. The second kappa shape index (κ2) is 6.93. The van der Waals surface area contributed by atoms with Gasteiger partial charge in [0.25, 0.3) is 0 Å². The van der Waals surface area contributed by atoms with E-state index in [9.17, 15) is 0 Å². The van der Waals surface area contributed by atoms with Gasteiger partial charge in [0.15, 0.2) is 0 Å². The molecule has 0 radical (unpaired) electrons. The molecule has 3 heteroatoms. The first-order chi connectivity index (χ1) is 9.22. The maximum atomic E-state index is 3.53. The highest BCUT2D eigenvalue weighted by Gasteiger charge is 2.19. The van der Waals surface area contributed by atoms with E-state index in [4.69, 9.17) is 0 Å². The molecule has 0 amide bonds. The molecule has 1 saturated heterocycles. The molecule has 20 heavy (non-hydrogen) atoms. The Balaban J connectivity index is 0.00000147. The van der Waals surface area contributed by atoms with Crippen LogP contribution < -0.4 is 0 Å². The standard InChI is InChI=1S/C17H20BrN.ClH/c1-13-3-2-9-19(13)10-8-14-4-5-16-12-17(18)7-6-15(16)11-14;/h4-7,11-13H,2-3,8-10H2,1H3;1H/t13-;/m1./s1. The number of benzene rings is 2. The Kier molecular flexibility index (Phi) is 5.48. The van der Waals surface area contributed by atoms with Gasteiger partial charge >= 0.3 is 0 Å². The summed E-state index contributed by atoms with van der Waals surface area (Å²) < 4.78 is 1.15. The monoisotopic (exact) mass is 353 g/mol. The average molecular weight is 355 g/mol. The molecule has 0 aromatic heterocycles. The number of hydrogen-bond acceptors (Lipinski definition) is 1. The summed E-state index contributed by atoms with van der Waals surface area (Å²) in [6, 6.07) is 14.1. The Labute approximate surface area is 135 Å². The van der Waals surface area contributed by atoms with Gasteiger partial charge < -0.3 is 4.90 Å². The third-order valence-electron chi connectivity index (χ3n) is 4.24. The largest absolute Gasteiger partial charge is 0.300 e. The fourth-order valence-electron chi connectivity index (χ4n) is 3.02. The van der Waals surface area contributed by atoms with Crippen molar-refractivity contribution < 1.29 is 0 Å². The van der Waals surface area contributed by atoms with Crippen molar-refractivity contribution in [3.8, 4) is 0 Å². The van der Waals surface area contributed by atoms with Gasteiger partial charge in [-0.2, -0.15) is 0 Å². The lowest BCUT2D eigenvalue weighted by molar-refractivity contribution is 0.272. The molecule has 1 heterocycles. The minimum Gasteiger partial charge on any atom is -0.300 e. The third-order valence-corrected chi connectivity index (χ3v) is 4.74. The van der Waals surface area contributed by atoms with E-state index in [-0.39, 0.29) is 12.4 Å². The first-order valence-electron chi connectivity index (χ1n) is 7.14. The number of fused-ring (bicyclic) bond motifs is 1. The second-order valence-electron chi connectivity index (χ2n) is 5.60. The van der Waals surface area contributed by atoms with Crippen LogP contribution in [0.3, 0.4) is 0 Å². The van der Waals surface area contributed by atoms with Gasteiger partial charge in [-0.3, -0.25) is 0 Å². The van der Waals surface area contributed by atoms with Crippen LogP contribution in [-0.4, -0.2) is 24.0 Å². The normalized spacial score (nSPS) is 19.2. The summed E-state index contributed by atoms with van der Waals surface area (Å²) in [6.45, 7) is 4.83. The van der Waals surface area contributed by atoms with Gasteiger partial charge in [-0.15, -0.1) is 12.4 Å². The number of likely N-dealkylation sites (tertiary alicyclic amines) is 1. The van der Waals surface area contributed by atoms with Gasteiger partial charge in [-0.25, -0.2) is 0 Å². The number of hydrogen-bond donors (Lipinski definition) is 0. The van der Waals surface area contributed by atoms with Crippen LogP contribution in [0, 0.1) is 0 Å². The van der Waals surface area contributed by atoms with Crippen LogP contribution >= 0.6 is 28.3 Å². The Morgan fingerprint density at radius 2 is 1.90 bits per heavy atom. The zero-order valence-corrected chi connectivity index (χ0v) is 14.2. The van der Waals surface area contributed by atoms with Crippen molar-refractivity contribution in [2.75, 3.05) is 13.1 Å². The summed E-state index contributed by atoms with van der Waals surface area (Å²) in [5, 5.41) is 2.66. The van der Waals surface area contributed by atoms with E-state index in [0.29, 0.717) is 0 Å². The van der Waals surface area contributed by atoms with Crippen LogP contribution in [0.25, 0.3) is 10.8 Å². The molecule has 0 saturated carbocycles. The molecule has 0 spiro atoms. The van der Waals surface area contributed by atoms with E-state index in [1.54, 1.807) is 0 Å². The smallest absolute Gasteiger partial charge is 0.0181 e. The van der Waals surface area contributed by atoms with Crippen LogP contribution in [0.5, 0.6) is 0 Å². The fourth-order valence-corrected chi connectivity index (χ4v) is 3.40. The quantitative estimate of drug-likeness (QED) is 0.745. The van der Waals surface area contributed by atoms with Gasteiger partial charge in [0, 0.05) is 17.1 Å². The van der Waals surface area contributed by atoms with Crippen LogP contribution in [0.15, 0.2) is 40.9 Å². The van der Waals surface area contributed by atoms with Gasteiger partial charge in [-0.05, 0) is 61.2 Å². The first kappa shape index (κ1) is 15.8. The minimum absolute atomic E-state index is 0. The molecule has 2 aromatic rings. The lowest BCUT2D eigenvalue weighted by Gasteiger charge is -2.20. The highest BCUT2D eigenvalue weighted by molar-refractivity contribution is 9.10. The van der Waals surface area contributed by atoms with Crippen molar-refractivity contribution in [3.05, 3.63) is 46.4 Å². The maximum absolute atomic E-state index is 3.53. The predicted octanol–water partition coefficient (Wildman–Crippen LogP) is 5.05. The zero-order valence-electron chi connectivity index (χ0n) is 11.8. The summed E-state index contributed by atoms with van der Waals surface area (Å²) in [4.78, 5) is 2.62. The molecule has 1 nitrogen and oxygen atoms in total. The van der Waals surface area contributed by atoms with E-state index in [0.717, 1.165) is 16.9 Å². The van der Waals surface area contributed by atoms with Crippen molar-refractivity contribution in [2.24, 2.45) is 0 Å². The number of halogens is 2. The molecule has 3 rings (SSSR count). The van der Waals surface area contributed by atoms with Crippen molar-refractivity contribution in [1.29, 1.82) is 0 Å². The summed E-state index contributed by atoms with van der Waals surface area (Å²) >= 11 is 3.53. The van der Waals surface area contributed by atoms with Crippen molar-refractivity contribution in [1.82, 2.24) is 4.90 Å². The molecule has 1 aliphatic rings. The summed E-state index contributed by atoms with van der Waals surface area (Å²) in [5.41, 5.74) is 1.45. The molecule has 2 aromatic carbocycles. The molecule has 0 aliphatic carbocycles. The van der Waals surface area contributed by atoms with Gasteiger partial charge in [-0.1, -0.05) is 40.2 Å². The van der Waals surface area contributed by atoms with Gasteiger partial charge in [0.05, 0.1) is 0 Å². The van der Waals surface area contributed by atoms with Crippen LogP contribution in [0.4, 0.5) is 0 Å². The van der Waals surface area contributed by atoms with E-state index < -0.39 is 0 Å². The first-order valence-corrected chi connectivity index (χ1v) is 7.94. The van der Waals surface area contributed by atoms with E-state index in [2.05, 4.69) is 64.2 Å². The zero-order chi connectivity index (χ0) is 13.2. The highest BCUT2D eigenvalue weighted by Crippen LogP contribution is 2.22. The van der Waals surface area contributed by atoms with Crippen LogP contribution in [0.2, 0.25) is 0 Å². The minimum atomic E-state index is 0. The van der Waals surface area contributed by atoms with E-state index in [1.165, 1.54) is 42.3 Å². The SMILES string of the molecule is C[C@@H]1CCCN1CCc1ccc2cc(Br)ccc2c1.Cl. The average Bonchev–Trinajstić information content (AvgIpc) is 2.82.